The minimum Gasteiger partial charge on any atom is -0.412 e. The maximum absolute atomic E-state index is 15.5. The summed E-state index contributed by atoms with van der Waals surface area (Å²) in [5, 5.41) is -0.719. The van der Waals surface area contributed by atoms with Gasteiger partial charge in [0.05, 0.1) is 5.41 Å². The molecule has 1 saturated heterocycles. The van der Waals surface area contributed by atoms with E-state index in [0.717, 1.165) is 12.1 Å². The Labute approximate surface area is 203 Å². The Morgan fingerprint density at radius 1 is 1.09 bits per heavy atom. The van der Waals surface area contributed by atoms with Gasteiger partial charge in [-0.05, 0) is 56.2 Å². The molecule has 0 bridgehead atoms. The van der Waals surface area contributed by atoms with Gasteiger partial charge >= 0.3 is 5.76 Å². The van der Waals surface area contributed by atoms with Crippen LogP contribution >= 0.6 is 0 Å². The van der Waals surface area contributed by atoms with Crippen molar-refractivity contribution < 1.29 is 21.6 Å². The summed E-state index contributed by atoms with van der Waals surface area (Å²) in [6.45, 7) is 3.54. The molecule has 2 atom stereocenters. The van der Waals surface area contributed by atoms with Crippen molar-refractivity contribution in [2.75, 3.05) is 0 Å². The van der Waals surface area contributed by atoms with E-state index in [2.05, 4.69) is 4.98 Å². The van der Waals surface area contributed by atoms with Gasteiger partial charge in [-0.15, -0.1) is 0 Å². The highest BCUT2D eigenvalue weighted by molar-refractivity contribution is 7.89. The molecule has 35 heavy (non-hydrogen) atoms. The van der Waals surface area contributed by atoms with E-state index in [9.17, 15) is 13.2 Å². The number of oxazole rings is 1. The molecule has 2 fully saturated rings. The van der Waals surface area contributed by atoms with Crippen LogP contribution in [0.5, 0.6) is 0 Å². The van der Waals surface area contributed by atoms with Crippen molar-refractivity contribution in [3.8, 4) is 0 Å². The number of rotatable bonds is 5. The van der Waals surface area contributed by atoms with E-state index in [1.54, 1.807) is 31.2 Å². The maximum atomic E-state index is 15.5. The van der Waals surface area contributed by atoms with Crippen molar-refractivity contribution in [2.45, 2.75) is 62.8 Å². The van der Waals surface area contributed by atoms with Crippen LogP contribution < -0.4 is 5.76 Å². The van der Waals surface area contributed by atoms with Crippen molar-refractivity contribution in [3.63, 3.8) is 0 Å². The number of hydrogen-bond acceptors (Lipinski definition) is 4. The smallest absolute Gasteiger partial charge is 0.412 e. The topological polar surface area (TPSA) is 83.4 Å². The normalized spacial score (nSPS) is 28.5. The summed E-state index contributed by atoms with van der Waals surface area (Å²) in [7, 11) is -3.78. The van der Waals surface area contributed by atoms with Crippen LogP contribution in [0.15, 0.2) is 57.9 Å². The van der Waals surface area contributed by atoms with Crippen LogP contribution in [0.1, 0.15) is 67.2 Å². The van der Waals surface area contributed by atoms with Gasteiger partial charge in [0.15, 0.2) is 0 Å². The zero-order valence-electron chi connectivity index (χ0n) is 19.6. The van der Waals surface area contributed by atoms with E-state index in [-0.39, 0.29) is 35.4 Å². The molecule has 2 heterocycles. The van der Waals surface area contributed by atoms with Gasteiger partial charge in [-0.25, -0.2) is 22.0 Å². The number of hydrogen-bond donors (Lipinski definition) is 1. The highest BCUT2D eigenvalue weighted by Gasteiger charge is 2.49. The van der Waals surface area contributed by atoms with Crippen LogP contribution in [-0.2, 0) is 22.0 Å². The first-order valence-electron chi connectivity index (χ1n) is 11.8. The third kappa shape index (κ3) is 4.04. The second-order valence-electron chi connectivity index (χ2n) is 9.98. The second kappa shape index (κ2) is 8.71. The monoisotopic (exact) mass is 502 g/mol. The Bertz CT molecular complexity index is 1390. The molecule has 1 saturated carbocycles. The standard InChI is InChI=1S/C26H28F2N2O4S/c1-16-12-26(13-16,24-14-29-25(31)34-24)20-11-21(27)19(10-22(20)28)15-30-17(2)8-9-23(35(30,32)33)18-6-4-3-5-7-18/h3-7,10-11,14,16-17,23H,8-9,12-13,15H2,1-2H3,(H,29,31)/t16?,17-,23?,26?/m0/s1. The molecule has 2 aromatic carbocycles. The fourth-order valence-electron chi connectivity index (χ4n) is 5.80. The van der Waals surface area contributed by atoms with Gasteiger partial charge in [0.1, 0.15) is 22.6 Å². The molecule has 5 rings (SSSR count). The van der Waals surface area contributed by atoms with Crippen LogP contribution in [0.3, 0.4) is 0 Å². The minimum atomic E-state index is -3.78. The Hall–Kier alpha value is -2.78. The molecule has 186 valence electrons. The predicted molar refractivity (Wildman–Crippen MR) is 127 cm³/mol. The molecule has 0 radical (unpaired) electrons. The van der Waals surface area contributed by atoms with E-state index in [0.29, 0.717) is 31.2 Å². The molecular formula is C26H28F2N2O4S. The minimum absolute atomic E-state index is 0.0200. The van der Waals surface area contributed by atoms with Crippen molar-refractivity contribution in [3.05, 3.63) is 93.3 Å². The zero-order valence-corrected chi connectivity index (χ0v) is 20.4. The Balaban J connectivity index is 1.48. The Kier molecular flexibility index (Phi) is 5.96. The van der Waals surface area contributed by atoms with Crippen molar-refractivity contribution in [2.24, 2.45) is 5.92 Å². The number of halogens is 2. The number of nitrogens with one attached hydrogen (secondary N) is 1. The third-order valence-electron chi connectivity index (χ3n) is 7.56. The fourth-order valence-corrected chi connectivity index (χ4v) is 7.99. The fraction of sp³-hybridized carbons (Fsp3) is 0.423. The largest absolute Gasteiger partial charge is 0.416 e. The number of benzene rings is 2. The molecule has 0 amide bonds. The maximum Gasteiger partial charge on any atom is 0.416 e. The van der Waals surface area contributed by atoms with E-state index in [1.165, 1.54) is 10.5 Å². The highest BCUT2D eigenvalue weighted by atomic mass is 32.2. The molecule has 6 nitrogen and oxygen atoms in total. The first-order valence-corrected chi connectivity index (χ1v) is 13.3. The first-order chi connectivity index (χ1) is 16.6. The lowest BCUT2D eigenvalue weighted by molar-refractivity contribution is 0.161. The zero-order chi connectivity index (χ0) is 25.0. The van der Waals surface area contributed by atoms with Gasteiger partial charge < -0.3 is 4.42 Å². The highest BCUT2D eigenvalue weighted by Crippen LogP contribution is 2.53. The lowest BCUT2D eigenvalue weighted by Crippen LogP contribution is -2.45. The Morgan fingerprint density at radius 2 is 1.80 bits per heavy atom. The number of sulfonamides is 1. The summed E-state index contributed by atoms with van der Waals surface area (Å²) in [5.74, 6) is -1.42. The summed E-state index contributed by atoms with van der Waals surface area (Å²) in [4.78, 5) is 14.0. The molecule has 1 aliphatic heterocycles. The van der Waals surface area contributed by atoms with Crippen molar-refractivity contribution in [1.82, 2.24) is 9.29 Å². The van der Waals surface area contributed by atoms with Crippen molar-refractivity contribution >= 4 is 10.0 Å². The summed E-state index contributed by atoms with van der Waals surface area (Å²) in [6.07, 6.45) is 3.53. The summed E-state index contributed by atoms with van der Waals surface area (Å²) in [6, 6.07) is 10.9. The molecule has 1 aromatic heterocycles. The third-order valence-corrected chi connectivity index (χ3v) is 9.93. The quantitative estimate of drug-likeness (QED) is 0.531. The number of aromatic nitrogens is 1. The number of H-pyrrole nitrogens is 1. The van der Waals surface area contributed by atoms with E-state index in [4.69, 9.17) is 4.42 Å². The molecule has 1 N–H and O–H groups in total. The van der Waals surface area contributed by atoms with Crippen LogP contribution in [-0.4, -0.2) is 23.7 Å². The van der Waals surface area contributed by atoms with Gasteiger partial charge in [0, 0.05) is 29.9 Å². The summed E-state index contributed by atoms with van der Waals surface area (Å²) < 4.78 is 64.4. The average molecular weight is 503 g/mol. The molecule has 3 aromatic rings. The summed E-state index contributed by atoms with van der Waals surface area (Å²) >= 11 is 0. The van der Waals surface area contributed by atoms with Gasteiger partial charge in [-0.1, -0.05) is 37.3 Å². The molecule has 2 aliphatic rings. The number of aromatic amines is 1. The van der Waals surface area contributed by atoms with Gasteiger partial charge in [0.2, 0.25) is 10.0 Å². The second-order valence-corrected chi connectivity index (χ2v) is 12.0. The van der Waals surface area contributed by atoms with Gasteiger partial charge in [0.25, 0.3) is 0 Å². The molecular weight excluding hydrogens is 474 g/mol. The van der Waals surface area contributed by atoms with Crippen LogP contribution in [0, 0.1) is 17.6 Å². The lowest BCUT2D eigenvalue weighted by Gasteiger charge is -2.45. The first kappa shape index (κ1) is 23.9. The van der Waals surface area contributed by atoms with Crippen LogP contribution in [0.25, 0.3) is 0 Å². The van der Waals surface area contributed by atoms with Gasteiger partial charge in [-0.2, -0.15) is 4.31 Å². The van der Waals surface area contributed by atoms with E-state index in [1.807, 2.05) is 13.0 Å². The van der Waals surface area contributed by atoms with Crippen LogP contribution in [0.2, 0.25) is 0 Å². The van der Waals surface area contributed by atoms with Gasteiger partial charge in [-0.3, -0.25) is 4.98 Å². The van der Waals surface area contributed by atoms with E-state index >= 15 is 8.78 Å². The van der Waals surface area contributed by atoms with Crippen LogP contribution in [0.4, 0.5) is 8.78 Å². The summed E-state index contributed by atoms with van der Waals surface area (Å²) in [5.41, 5.74) is -0.129. The molecule has 9 heteroatoms. The molecule has 1 unspecified atom stereocenters. The SMILES string of the molecule is CC1CC(c2c[nH]c(=O)o2)(c2cc(F)c(CN3[C@@H](C)CCC(c4ccccc4)S3(=O)=O)cc2F)C1. The van der Waals surface area contributed by atoms with Crippen molar-refractivity contribution in [1.29, 1.82) is 0 Å². The van der Waals surface area contributed by atoms with E-state index < -0.39 is 38.1 Å². The molecule has 1 aliphatic carbocycles. The lowest BCUT2D eigenvalue weighted by atomic mass is 9.58. The molecule has 0 spiro atoms. The predicted octanol–water partition coefficient (Wildman–Crippen LogP) is 5.02. The average Bonchev–Trinajstić information content (AvgIpc) is 3.23. The number of nitrogens with zero attached hydrogens (tertiary/aromatic N) is 1. The Morgan fingerprint density at radius 3 is 2.43 bits per heavy atom.